The van der Waals surface area contributed by atoms with Crippen LogP contribution >= 0.6 is 0 Å². The summed E-state index contributed by atoms with van der Waals surface area (Å²) >= 11 is 0. The zero-order chi connectivity index (χ0) is 15.2. The Kier molecular flexibility index (Phi) is 5.17. The molecule has 0 radical (unpaired) electrons. The van der Waals surface area contributed by atoms with Gasteiger partial charge in [-0.1, -0.05) is 19.1 Å². The topological polar surface area (TPSA) is 37.4 Å². The van der Waals surface area contributed by atoms with E-state index in [0.29, 0.717) is 0 Å². The van der Waals surface area contributed by atoms with Gasteiger partial charge in [0, 0.05) is 26.0 Å². The van der Waals surface area contributed by atoms with E-state index in [0.717, 1.165) is 17.9 Å². The van der Waals surface area contributed by atoms with E-state index in [1.807, 2.05) is 12.3 Å². The number of hydrogen-bond donors (Lipinski definition) is 1. The van der Waals surface area contributed by atoms with Crippen LogP contribution in [0.5, 0.6) is 5.75 Å². The van der Waals surface area contributed by atoms with Crippen LogP contribution in [-0.2, 0) is 0 Å². The van der Waals surface area contributed by atoms with E-state index in [1.54, 1.807) is 13.3 Å². The predicted octanol–water partition coefficient (Wildman–Crippen LogP) is 2.86. The number of benzene rings is 1. The Morgan fingerprint density at radius 3 is 2.67 bits per heavy atom. The van der Waals surface area contributed by atoms with E-state index >= 15 is 0 Å². The van der Waals surface area contributed by atoms with Crippen molar-refractivity contribution in [2.24, 2.45) is 0 Å². The van der Waals surface area contributed by atoms with Gasteiger partial charge in [-0.25, -0.2) is 0 Å². The summed E-state index contributed by atoms with van der Waals surface area (Å²) in [5.41, 5.74) is 3.51. The first-order chi connectivity index (χ1) is 10.2. The Bertz CT molecular complexity index is 584. The fourth-order valence-corrected chi connectivity index (χ4v) is 2.32. The second kappa shape index (κ2) is 7.09. The van der Waals surface area contributed by atoms with Gasteiger partial charge in [-0.2, -0.15) is 0 Å². The highest BCUT2D eigenvalue weighted by molar-refractivity contribution is 5.49. The molecular formula is C17H23N3O. The summed E-state index contributed by atoms with van der Waals surface area (Å²) in [5.74, 6) is 0.777. The smallest absolute Gasteiger partial charge is 0.137 e. The molecule has 1 unspecified atom stereocenters. The van der Waals surface area contributed by atoms with Crippen LogP contribution in [0.25, 0.3) is 0 Å². The first kappa shape index (κ1) is 15.3. The van der Waals surface area contributed by atoms with Crippen molar-refractivity contribution < 1.29 is 4.74 Å². The molecule has 1 aromatic carbocycles. The fraction of sp³-hybridized carbons (Fsp3) is 0.353. The minimum atomic E-state index is 0.109. The molecule has 0 aliphatic heterocycles. The number of anilines is 1. The normalized spacial score (nSPS) is 12.0. The molecule has 21 heavy (non-hydrogen) atoms. The van der Waals surface area contributed by atoms with Gasteiger partial charge in [0.1, 0.15) is 5.75 Å². The lowest BCUT2D eigenvalue weighted by Crippen LogP contribution is -2.22. The lowest BCUT2D eigenvalue weighted by atomic mass is 9.99. The molecule has 0 saturated heterocycles. The van der Waals surface area contributed by atoms with Crippen molar-refractivity contribution in [3.8, 4) is 5.75 Å². The maximum atomic E-state index is 5.28. The summed E-state index contributed by atoms with van der Waals surface area (Å²) in [6, 6.07) is 10.7. The number of aromatic nitrogens is 1. The lowest BCUT2D eigenvalue weighted by molar-refractivity contribution is 0.411. The van der Waals surface area contributed by atoms with Gasteiger partial charge < -0.3 is 15.0 Å². The van der Waals surface area contributed by atoms with Crippen molar-refractivity contribution in [2.75, 3.05) is 32.6 Å². The fourth-order valence-electron chi connectivity index (χ4n) is 2.32. The number of pyridine rings is 1. The first-order valence-electron chi connectivity index (χ1n) is 7.15. The summed E-state index contributed by atoms with van der Waals surface area (Å²) in [5, 5.41) is 3.52. The minimum Gasteiger partial charge on any atom is -0.495 e. The zero-order valence-electron chi connectivity index (χ0n) is 13.1. The van der Waals surface area contributed by atoms with E-state index in [2.05, 4.69) is 60.5 Å². The molecule has 0 amide bonds. The van der Waals surface area contributed by atoms with Gasteiger partial charge in [-0.05, 0) is 35.9 Å². The van der Waals surface area contributed by atoms with Crippen molar-refractivity contribution in [3.05, 3.63) is 53.9 Å². The van der Waals surface area contributed by atoms with Crippen molar-refractivity contribution in [1.82, 2.24) is 10.3 Å². The maximum Gasteiger partial charge on any atom is 0.137 e. The molecule has 0 spiro atoms. The molecule has 1 atom stereocenters. The van der Waals surface area contributed by atoms with Crippen LogP contribution in [0.4, 0.5) is 5.69 Å². The third-order valence-corrected chi connectivity index (χ3v) is 3.43. The van der Waals surface area contributed by atoms with Crippen LogP contribution in [-0.4, -0.2) is 32.7 Å². The quantitative estimate of drug-likeness (QED) is 0.885. The van der Waals surface area contributed by atoms with Gasteiger partial charge in [0.2, 0.25) is 0 Å². The van der Waals surface area contributed by atoms with Gasteiger partial charge in [0.15, 0.2) is 0 Å². The average Bonchev–Trinajstić information content (AvgIpc) is 2.52. The predicted molar refractivity (Wildman–Crippen MR) is 87.1 cm³/mol. The molecule has 4 heteroatoms. The Labute approximate surface area is 126 Å². The van der Waals surface area contributed by atoms with E-state index in [9.17, 15) is 0 Å². The van der Waals surface area contributed by atoms with Gasteiger partial charge in [0.05, 0.1) is 19.3 Å². The van der Waals surface area contributed by atoms with E-state index < -0.39 is 0 Å². The number of methoxy groups -OCH3 is 1. The summed E-state index contributed by atoms with van der Waals surface area (Å²) < 4.78 is 5.28. The van der Waals surface area contributed by atoms with Gasteiger partial charge in [-0.3, -0.25) is 4.98 Å². The number of nitrogens with one attached hydrogen (secondary N) is 1. The molecule has 1 heterocycles. The molecule has 1 aromatic heterocycles. The monoisotopic (exact) mass is 285 g/mol. The lowest BCUT2D eigenvalue weighted by Gasteiger charge is -2.21. The highest BCUT2D eigenvalue weighted by atomic mass is 16.5. The van der Waals surface area contributed by atoms with E-state index in [4.69, 9.17) is 4.74 Å². The van der Waals surface area contributed by atoms with Gasteiger partial charge in [0.25, 0.3) is 0 Å². The maximum absolute atomic E-state index is 5.28. The summed E-state index contributed by atoms with van der Waals surface area (Å²) in [6.45, 7) is 2.99. The molecule has 2 aromatic rings. The molecule has 0 fully saturated rings. The van der Waals surface area contributed by atoms with Crippen LogP contribution in [0, 0.1) is 0 Å². The summed E-state index contributed by atoms with van der Waals surface area (Å²) in [6.07, 6.45) is 3.61. The number of nitrogens with zero attached hydrogens (tertiary/aromatic N) is 2. The molecule has 2 rings (SSSR count). The van der Waals surface area contributed by atoms with Crippen LogP contribution in [0.3, 0.4) is 0 Å². The molecule has 0 aliphatic carbocycles. The Morgan fingerprint density at radius 1 is 1.19 bits per heavy atom. The number of hydrogen-bond acceptors (Lipinski definition) is 4. The van der Waals surface area contributed by atoms with Crippen molar-refractivity contribution in [3.63, 3.8) is 0 Å². The Hall–Kier alpha value is -2.07. The molecule has 0 bridgehead atoms. The average molecular weight is 285 g/mol. The van der Waals surface area contributed by atoms with Crippen molar-refractivity contribution >= 4 is 5.69 Å². The van der Waals surface area contributed by atoms with E-state index in [1.165, 1.54) is 11.3 Å². The third kappa shape index (κ3) is 3.73. The molecule has 0 saturated carbocycles. The highest BCUT2D eigenvalue weighted by Gasteiger charge is 2.15. The second-order valence-electron chi connectivity index (χ2n) is 5.14. The number of ether oxygens (including phenoxy) is 1. The van der Waals surface area contributed by atoms with Crippen LogP contribution in [0.1, 0.15) is 24.1 Å². The van der Waals surface area contributed by atoms with Crippen molar-refractivity contribution in [2.45, 2.75) is 13.0 Å². The zero-order valence-corrected chi connectivity index (χ0v) is 13.1. The Balaban J connectivity index is 2.40. The summed E-state index contributed by atoms with van der Waals surface area (Å²) in [4.78, 5) is 6.37. The van der Waals surface area contributed by atoms with Gasteiger partial charge >= 0.3 is 0 Å². The first-order valence-corrected chi connectivity index (χ1v) is 7.15. The summed E-state index contributed by atoms with van der Waals surface area (Å²) in [7, 11) is 5.76. The molecular weight excluding hydrogens is 262 g/mol. The molecule has 1 N–H and O–H groups in total. The molecule has 4 nitrogen and oxygen atoms in total. The van der Waals surface area contributed by atoms with Crippen LogP contribution in [0.2, 0.25) is 0 Å². The Morgan fingerprint density at radius 2 is 2.00 bits per heavy atom. The standard InChI is InChI=1S/C17H23N3O/c1-5-19-17(14-10-16(21-4)12-18-11-14)13-7-6-8-15(9-13)20(2)3/h6-12,17,19H,5H2,1-4H3. The largest absolute Gasteiger partial charge is 0.495 e. The molecule has 112 valence electrons. The van der Waals surface area contributed by atoms with E-state index in [-0.39, 0.29) is 6.04 Å². The van der Waals surface area contributed by atoms with Gasteiger partial charge in [-0.15, -0.1) is 0 Å². The SMILES string of the molecule is CCNC(c1cncc(OC)c1)c1cccc(N(C)C)c1. The third-order valence-electron chi connectivity index (χ3n) is 3.43. The minimum absolute atomic E-state index is 0.109. The van der Waals surface area contributed by atoms with Crippen LogP contribution < -0.4 is 15.0 Å². The highest BCUT2D eigenvalue weighted by Crippen LogP contribution is 2.26. The number of rotatable bonds is 6. The van der Waals surface area contributed by atoms with Crippen LogP contribution in [0.15, 0.2) is 42.7 Å². The van der Waals surface area contributed by atoms with Crippen molar-refractivity contribution in [1.29, 1.82) is 0 Å². The second-order valence-corrected chi connectivity index (χ2v) is 5.14. The molecule has 0 aliphatic rings.